The van der Waals surface area contributed by atoms with E-state index in [0.717, 1.165) is 18.4 Å². The molecule has 24 heavy (non-hydrogen) atoms. The Morgan fingerprint density at radius 2 is 2.08 bits per heavy atom. The van der Waals surface area contributed by atoms with E-state index in [1.54, 1.807) is 13.0 Å². The lowest BCUT2D eigenvalue weighted by molar-refractivity contribution is -0.139. The normalized spacial score (nSPS) is 24.1. The molecule has 0 saturated carbocycles. The zero-order chi connectivity index (χ0) is 18.1. The molecule has 0 radical (unpaired) electrons. The van der Waals surface area contributed by atoms with Crippen molar-refractivity contribution in [3.8, 4) is 0 Å². The highest BCUT2D eigenvalue weighted by molar-refractivity contribution is 6.26. The Kier molecular flexibility index (Phi) is 9.03. The third-order valence-corrected chi connectivity index (χ3v) is 4.08. The molecule has 0 heterocycles. The molecule has 0 bridgehead atoms. The van der Waals surface area contributed by atoms with Gasteiger partial charge in [-0.25, -0.2) is 4.79 Å². The molecule has 0 aliphatic heterocycles. The second kappa shape index (κ2) is 10.5. The Hall–Kier alpha value is -1.37. The third-order valence-electron chi connectivity index (χ3n) is 3.96. The zero-order valence-electron chi connectivity index (χ0n) is 14.5. The van der Waals surface area contributed by atoms with Gasteiger partial charge >= 0.3 is 5.97 Å². The number of amides is 1. The van der Waals surface area contributed by atoms with Crippen LogP contribution in [0.1, 0.15) is 40.0 Å². The van der Waals surface area contributed by atoms with Gasteiger partial charge in [-0.1, -0.05) is 25.4 Å². The molecule has 0 aromatic heterocycles. The minimum absolute atomic E-state index is 0.0166. The molecule has 0 fully saturated rings. The lowest BCUT2D eigenvalue weighted by Gasteiger charge is -2.36. The van der Waals surface area contributed by atoms with Crippen molar-refractivity contribution in [2.45, 2.75) is 64.3 Å². The first-order valence-electron chi connectivity index (χ1n) is 8.32. The van der Waals surface area contributed by atoms with Gasteiger partial charge in [-0.2, -0.15) is 0 Å². The lowest BCUT2D eigenvalue weighted by atomic mass is 9.88. The Morgan fingerprint density at radius 1 is 1.42 bits per heavy atom. The first kappa shape index (κ1) is 20.7. The maximum absolute atomic E-state index is 12.0. The van der Waals surface area contributed by atoms with Gasteiger partial charge in [0.1, 0.15) is 0 Å². The summed E-state index contributed by atoms with van der Waals surface area (Å²) in [6.07, 6.45) is 4.42. The Bertz CT molecular complexity index is 489. The molecule has 7 heteroatoms. The Balaban J connectivity index is 3.02. The summed E-state index contributed by atoms with van der Waals surface area (Å²) in [5.41, 5.74) is 7.82. The van der Waals surface area contributed by atoms with Crippen LogP contribution in [-0.2, 0) is 19.1 Å². The van der Waals surface area contributed by atoms with Crippen LogP contribution >= 0.6 is 11.6 Å². The molecular weight excluding hydrogens is 332 g/mol. The van der Waals surface area contributed by atoms with Crippen LogP contribution in [0.2, 0.25) is 0 Å². The van der Waals surface area contributed by atoms with Crippen molar-refractivity contribution in [3.05, 3.63) is 23.3 Å². The smallest absolute Gasteiger partial charge is 0.333 e. The van der Waals surface area contributed by atoms with Crippen LogP contribution in [-0.4, -0.2) is 42.8 Å². The summed E-state index contributed by atoms with van der Waals surface area (Å²) < 4.78 is 11.1. The molecule has 0 spiro atoms. The predicted molar refractivity (Wildman–Crippen MR) is 93.5 cm³/mol. The number of rotatable bonds is 8. The highest BCUT2D eigenvalue weighted by Crippen LogP contribution is 2.24. The van der Waals surface area contributed by atoms with Crippen LogP contribution in [0.25, 0.3) is 0 Å². The quantitative estimate of drug-likeness (QED) is 0.511. The summed E-state index contributed by atoms with van der Waals surface area (Å²) in [6, 6.07) is -0.898. The summed E-state index contributed by atoms with van der Waals surface area (Å²) in [5.74, 6) is -0.742. The number of hydrogen-bond donors (Lipinski definition) is 2. The number of ether oxygens (including phenoxy) is 2. The van der Waals surface area contributed by atoms with Crippen LogP contribution in [0, 0.1) is 0 Å². The van der Waals surface area contributed by atoms with Gasteiger partial charge in [0.25, 0.3) is 0 Å². The lowest BCUT2D eigenvalue weighted by Crippen LogP contribution is -2.57. The van der Waals surface area contributed by atoms with E-state index in [2.05, 4.69) is 5.32 Å². The van der Waals surface area contributed by atoms with Gasteiger partial charge in [0.15, 0.2) is 0 Å². The molecular formula is C17H27ClN2O4. The number of carbonyl (C=O) groups excluding carboxylic acids is 2. The van der Waals surface area contributed by atoms with Crippen LogP contribution in [0.5, 0.6) is 0 Å². The summed E-state index contributed by atoms with van der Waals surface area (Å²) in [7, 11) is 0. The first-order valence-corrected chi connectivity index (χ1v) is 8.76. The van der Waals surface area contributed by atoms with Crippen molar-refractivity contribution in [1.29, 1.82) is 0 Å². The molecule has 0 unspecified atom stereocenters. The van der Waals surface area contributed by atoms with Gasteiger partial charge in [-0.05, 0) is 32.3 Å². The largest absolute Gasteiger partial charge is 0.463 e. The molecule has 1 amide bonds. The Labute approximate surface area is 148 Å². The van der Waals surface area contributed by atoms with E-state index >= 15 is 0 Å². The predicted octanol–water partition coefficient (Wildman–Crippen LogP) is 2.02. The topological polar surface area (TPSA) is 90.6 Å². The SMILES string of the molecule is CCOC(=O)C1=C[C@@H](OC(CC)CC)[C@H](NC(=O)C=CCl)[C@@H](N)C1. The van der Waals surface area contributed by atoms with Gasteiger partial charge in [0, 0.05) is 23.2 Å². The second-order valence-electron chi connectivity index (χ2n) is 5.65. The fourth-order valence-corrected chi connectivity index (χ4v) is 2.77. The van der Waals surface area contributed by atoms with E-state index in [-0.39, 0.29) is 12.0 Å². The summed E-state index contributed by atoms with van der Waals surface area (Å²) in [6.45, 7) is 6.10. The minimum Gasteiger partial charge on any atom is -0.463 e. The van der Waals surface area contributed by atoms with Crippen LogP contribution in [0.15, 0.2) is 23.3 Å². The molecule has 1 aliphatic rings. The third kappa shape index (κ3) is 5.92. The monoisotopic (exact) mass is 358 g/mol. The average Bonchev–Trinajstić information content (AvgIpc) is 2.55. The van der Waals surface area contributed by atoms with E-state index in [0.29, 0.717) is 18.6 Å². The second-order valence-corrected chi connectivity index (χ2v) is 5.90. The van der Waals surface area contributed by atoms with E-state index in [1.165, 1.54) is 6.08 Å². The molecule has 0 aromatic rings. The molecule has 1 aliphatic carbocycles. The fraction of sp³-hybridized carbons (Fsp3) is 0.647. The maximum atomic E-state index is 12.0. The maximum Gasteiger partial charge on any atom is 0.333 e. The number of nitrogens with one attached hydrogen (secondary N) is 1. The van der Waals surface area contributed by atoms with E-state index < -0.39 is 24.2 Å². The molecule has 0 aromatic carbocycles. The number of esters is 1. The van der Waals surface area contributed by atoms with Crippen molar-refractivity contribution in [2.24, 2.45) is 5.73 Å². The molecule has 0 saturated heterocycles. The first-order chi connectivity index (χ1) is 11.5. The van der Waals surface area contributed by atoms with Crippen molar-refractivity contribution in [1.82, 2.24) is 5.32 Å². The molecule has 136 valence electrons. The standard InChI is InChI=1S/C17H27ClN2O4/c1-4-12(5-2)24-14-10-11(17(22)23-6-3)9-13(19)16(14)20-15(21)7-8-18/h7-8,10,12-14,16H,4-6,9,19H2,1-3H3,(H,20,21)/t13-,14+,16+/m0/s1. The summed E-state index contributed by atoms with van der Waals surface area (Å²) >= 11 is 5.44. The highest BCUT2D eigenvalue weighted by atomic mass is 35.5. The molecule has 1 rings (SSSR count). The van der Waals surface area contributed by atoms with Gasteiger partial charge < -0.3 is 20.5 Å². The van der Waals surface area contributed by atoms with Crippen molar-refractivity contribution in [3.63, 3.8) is 0 Å². The molecule has 3 N–H and O–H groups in total. The van der Waals surface area contributed by atoms with Crippen molar-refractivity contribution >= 4 is 23.5 Å². The van der Waals surface area contributed by atoms with E-state index in [1.807, 2.05) is 13.8 Å². The summed E-state index contributed by atoms with van der Waals surface area (Å²) in [4.78, 5) is 23.9. The number of halogens is 1. The van der Waals surface area contributed by atoms with Crippen LogP contribution in [0.4, 0.5) is 0 Å². The number of carbonyl (C=O) groups is 2. The average molecular weight is 359 g/mol. The highest BCUT2D eigenvalue weighted by Gasteiger charge is 2.36. The van der Waals surface area contributed by atoms with Crippen molar-refractivity contribution < 1.29 is 19.1 Å². The summed E-state index contributed by atoms with van der Waals surface area (Å²) in [5, 5.41) is 2.81. The molecule has 6 nitrogen and oxygen atoms in total. The zero-order valence-corrected chi connectivity index (χ0v) is 15.2. The van der Waals surface area contributed by atoms with Crippen LogP contribution in [0.3, 0.4) is 0 Å². The van der Waals surface area contributed by atoms with Gasteiger partial charge in [-0.15, -0.1) is 0 Å². The minimum atomic E-state index is -0.495. The van der Waals surface area contributed by atoms with E-state index in [4.69, 9.17) is 26.8 Å². The van der Waals surface area contributed by atoms with Gasteiger partial charge in [-0.3, -0.25) is 4.79 Å². The van der Waals surface area contributed by atoms with E-state index in [9.17, 15) is 9.59 Å². The fourth-order valence-electron chi connectivity index (χ4n) is 2.66. The van der Waals surface area contributed by atoms with Crippen LogP contribution < -0.4 is 11.1 Å². The Morgan fingerprint density at radius 3 is 2.62 bits per heavy atom. The van der Waals surface area contributed by atoms with Crippen molar-refractivity contribution in [2.75, 3.05) is 6.61 Å². The molecule has 3 atom stereocenters. The number of nitrogens with two attached hydrogens (primary N) is 1. The van der Waals surface area contributed by atoms with Gasteiger partial charge in [0.05, 0.1) is 24.9 Å². The van der Waals surface area contributed by atoms with Gasteiger partial charge in [0.2, 0.25) is 5.91 Å². The number of hydrogen-bond acceptors (Lipinski definition) is 5.